The molecular formula is C17H25NO. The highest BCUT2D eigenvalue weighted by Crippen LogP contribution is 2.45. The molecule has 1 heterocycles. The molecule has 3 atom stereocenters. The summed E-state index contributed by atoms with van der Waals surface area (Å²) in [5.74, 6) is 1.91. The molecule has 0 aromatic heterocycles. The molecule has 0 amide bonds. The van der Waals surface area contributed by atoms with Gasteiger partial charge in [-0.25, -0.2) is 0 Å². The highest BCUT2D eigenvalue weighted by atomic mass is 16.5. The van der Waals surface area contributed by atoms with Gasteiger partial charge in [0.1, 0.15) is 11.4 Å². The van der Waals surface area contributed by atoms with Crippen LogP contribution in [0.3, 0.4) is 0 Å². The Hall–Kier alpha value is -1.02. The fourth-order valence-electron chi connectivity index (χ4n) is 3.83. The van der Waals surface area contributed by atoms with Crippen LogP contribution in [-0.4, -0.2) is 5.60 Å². The molecule has 0 radical (unpaired) electrons. The van der Waals surface area contributed by atoms with Crippen LogP contribution in [0.5, 0.6) is 5.75 Å². The molecule has 2 unspecified atom stereocenters. The van der Waals surface area contributed by atoms with Gasteiger partial charge < -0.3 is 10.5 Å². The van der Waals surface area contributed by atoms with Gasteiger partial charge in [0.25, 0.3) is 0 Å². The molecule has 1 aromatic rings. The summed E-state index contributed by atoms with van der Waals surface area (Å²) in [4.78, 5) is 0. The van der Waals surface area contributed by atoms with Crippen LogP contribution in [0.25, 0.3) is 0 Å². The molecule has 1 aromatic carbocycles. The lowest BCUT2D eigenvalue weighted by Gasteiger charge is -2.41. The fourth-order valence-corrected chi connectivity index (χ4v) is 3.83. The van der Waals surface area contributed by atoms with E-state index in [1.807, 2.05) is 0 Å². The van der Waals surface area contributed by atoms with Crippen LogP contribution >= 0.6 is 0 Å². The summed E-state index contributed by atoms with van der Waals surface area (Å²) < 4.78 is 6.42. The zero-order valence-corrected chi connectivity index (χ0v) is 11.9. The second-order valence-electron chi connectivity index (χ2n) is 6.34. The van der Waals surface area contributed by atoms with Gasteiger partial charge in [-0.2, -0.15) is 0 Å². The number of nitrogens with two attached hydrogens (primary N) is 1. The van der Waals surface area contributed by atoms with Crippen molar-refractivity contribution in [2.24, 2.45) is 11.7 Å². The first-order chi connectivity index (χ1) is 9.22. The van der Waals surface area contributed by atoms with Gasteiger partial charge in [-0.1, -0.05) is 38.0 Å². The molecule has 2 aliphatic rings. The predicted octanol–water partition coefficient (Wildman–Crippen LogP) is 4.20. The van der Waals surface area contributed by atoms with E-state index in [0.717, 1.165) is 18.1 Å². The van der Waals surface area contributed by atoms with E-state index >= 15 is 0 Å². The Labute approximate surface area is 116 Å². The van der Waals surface area contributed by atoms with E-state index in [1.54, 1.807) is 0 Å². The summed E-state index contributed by atoms with van der Waals surface area (Å²) in [6, 6.07) is 8.44. The Balaban J connectivity index is 1.83. The highest BCUT2D eigenvalue weighted by Gasteiger charge is 2.40. The maximum atomic E-state index is 6.42. The lowest BCUT2D eigenvalue weighted by Crippen LogP contribution is -2.42. The molecule has 2 nitrogen and oxygen atoms in total. The molecule has 104 valence electrons. The number of rotatable bonds is 1. The molecule has 1 spiro atoms. The lowest BCUT2D eigenvalue weighted by atomic mass is 9.82. The van der Waals surface area contributed by atoms with Gasteiger partial charge in [0.05, 0.1) is 0 Å². The second-order valence-corrected chi connectivity index (χ2v) is 6.34. The minimum Gasteiger partial charge on any atom is -0.487 e. The van der Waals surface area contributed by atoms with Crippen LogP contribution in [0.2, 0.25) is 0 Å². The standard InChI is InChI=1S/C17H25NO/c1-2-13-6-5-10-17(11-9-13)12-15(18)14-7-3-4-8-16(14)19-17/h3-4,7-8,13,15H,2,5-6,9-12,18H2,1H3/t13?,15-,17?/m1/s1. The largest absolute Gasteiger partial charge is 0.487 e. The van der Waals surface area contributed by atoms with Crippen LogP contribution in [-0.2, 0) is 0 Å². The molecule has 1 aliphatic carbocycles. The first-order valence-corrected chi connectivity index (χ1v) is 7.76. The zero-order valence-electron chi connectivity index (χ0n) is 11.9. The SMILES string of the molecule is CCC1CCCC2(CC1)C[C@@H](N)c1ccccc1O2. The predicted molar refractivity (Wildman–Crippen MR) is 78.2 cm³/mol. The van der Waals surface area contributed by atoms with Gasteiger partial charge >= 0.3 is 0 Å². The van der Waals surface area contributed by atoms with Crippen molar-refractivity contribution in [1.82, 2.24) is 0 Å². The van der Waals surface area contributed by atoms with E-state index in [-0.39, 0.29) is 11.6 Å². The molecular weight excluding hydrogens is 234 g/mol. The molecule has 3 rings (SSSR count). The van der Waals surface area contributed by atoms with E-state index in [0.29, 0.717) is 0 Å². The van der Waals surface area contributed by atoms with Gasteiger partial charge in [-0.05, 0) is 37.7 Å². The topological polar surface area (TPSA) is 35.2 Å². The molecule has 2 N–H and O–H groups in total. The summed E-state index contributed by atoms with van der Waals surface area (Å²) in [6.45, 7) is 2.31. The first-order valence-electron chi connectivity index (χ1n) is 7.76. The lowest BCUT2D eigenvalue weighted by molar-refractivity contribution is 0.0203. The van der Waals surface area contributed by atoms with Crippen molar-refractivity contribution < 1.29 is 4.74 Å². The van der Waals surface area contributed by atoms with E-state index in [4.69, 9.17) is 10.5 Å². The third-order valence-electron chi connectivity index (χ3n) is 5.07. The molecule has 1 fully saturated rings. The van der Waals surface area contributed by atoms with Crippen molar-refractivity contribution in [3.63, 3.8) is 0 Å². The van der Waals surface area contributed by atoms with Crippen LogP contribution in [0.15, 0.2) is 24.3 Å². The van der Waals surface area contributed by atoms with E-state index in [2.05, 4.69) is 31.2 Å². The summed E-state index contributed by atoms with van der Waals surface area (Å²) >= 11 is 0. The number of hydrogen-bond acceptors (Lipinski definition) is 2. The van der Waals surface area contributed by atoms with Crippen molar-refractivity contribution in [2.45, 2.75) is 63.5 Å². The Bertz CT molecular complexity index is 445. The monoisotopic (exact) mass is 259 g/mol. The fraction of sp³-hybridized carbons (Fsp3) is 0.647. The van der Waals surface area contributed by atoms with E-state index in [9.17, 15) is 0 Å². The quantitative estimate of drug-likeness (QED) is 0.820. The van der Waals surface area contributed by atoms with Crippen LogP contribution in [0, 0.1) is 5.92 Å². The average molecular weight is 259 g/mol. The molecule has 0 saturated heterocycles. The molecule has 1 saturated carbocycles. The number of para-hydroxylation sites is 1. The van der Waals surface area contributed by atoms with Crippen LogP contribution in [0.1, 0.15) is 63.5 Å². The minimum absolute atomic E-state index is 0.0116. The normalized spacial score (nSPS) is 34.4. The van der Waals surface area contributed by atoms with Gasteiger partial charge in [0, 0.05) is 18.0 Å². The van der Waals surface area contributed by atoms with E-state index in [1.165, 1.54) is 44.1 Å². The van der Waals surface area contributed by atoms with Gasteiger partial charge in [-0.3, -0.25) is 0 Å². The van der Waals surface area contributed by atoms with Gasteiger partial charge in [0.15, 0.2) is 0 Å². The Morgan fingerprint density at radius 2 is 2.11 bits per heavy atom. The average Bonchev–Trinajstić information content (AvgIpc) is 2.61. The Morgan fingerprint density at radius 3 is 2.95 bits per heavy atom. The smallest absolute Gasteiger partial charge is 0.124 e. The van der Waals surface area contributed by atoms with Crippen molar-refractivity contribution in [1.29, 1.82) is 0 Å². The summed E-state index contributed by atoms with van der Waals surface area (Å²) in [6.07, 6.45) is 8.58. The third-order valence-corrected chi connectivity index (χ3v) is 5.07. The van der Waals surface area contributed by atoms with Gasteiger partial charge in [-0.15, -0.1) is 0 Å². The molecule has 2 heteroatoms. The number of ether oxygens (including phenoxy) is 1. The summed E-state index contributed by atoms with van der Waals surface area (Å²) in [5, 5.41) is 0. The number of benzene rings is 1. The zero-order chi connectivity index (χ0) is 13.3. The highest BCUT2D eigenvalue weighted by molar-refractivity contribution is 5.38. The maximum Gasteiger partial charge on any atom is 0.124 e. The Morgan fingerprint density at radius 1 is 1.26 bits per heavy atom. The van der Waals surface area contributed by atoms with Crippen molar-refractivity contribution in [3.05, 3.63) is 29.8 Å². The summed E-state index contributed by atoms with van der Waals surface area (Å²) in [5.41, 5.74) is 7.59. The van der Waals surface area contributed by atoms with Crippen molar-refractivity contribution in [3.8, 4) is 5.75 Å². The first kappa shape index (κ1) is 13.0. The molecule has 1 aliphatic heterocycles. The minimum atomic E-state index is 0.0116. The summed E-state index contributed by atoms with van der Waals surface area (Å²) in [7, 11) is 0. The van der Waals surface area contributed by atoms with Crippen molar-refractivity contribution >= 4 is 0 Å². The number of hydrogen-bond donors (Lipinski definition) is 1. The van der Waals surface area contributed by atoms with Crippen molar-refractivity contribution in [2.75, 3.05) is 0 Å². The second kappa shape index (κ2) is 5.16. The van der Waals surface area contributed by atoms with Crippen LogP contribution < -0.4 is 10.5 Å². The molecule has 0 bridgehead atoms. The maximum absolute atomic E-state index is 6.42. The number of fused-ring (bicyclic) bond motifs is 1. The van der Waals surface area contributed by atoms with Gasteiger partial charge in [0.2, 0.25) is 0 Å². The van der Waals surface area contributed by atoms with Crippen LogP contribution in [0.4, 0.5) is 0 Å². The Kier molecular flexibility index (Phi) is 3.53. The third kappa shape index (κ3) is 2.51. The molecule has 19 heavy (non-hydrogen) atoms. The van der Waals surface area contributed by atoms with E-state index < -0.39 is 0 Å².